The Labute approximate surface area is 129 Å². The molecule has 0 aliphatic carbocycles. The van der Waals surface area contributed by atoms with Crippen LogP contribution >= 0.6 is 0 Å². The zero-order valence-electron chi connectivity index (χ0n) is 13.0. The van der Waals surface area contributed by atoms with E-state index >= 15 is 0 Å². The van der Waals surface area contributed by atoms with E-state index in [1.807, 2.05) is 0 Å². The van der Waals surface area contributed by atoms with Crippen LogP contribution < -0.4 is 5.76 Å². The molecule has 1 aromatic heterocycles. The van der Waals surface area contributed by atoms with E-state index in [-0.39, 0.29) is 5.56 Å². The monoisotopic (exact) mass is 305 g/mol. The number of hydrogen-bond acceptors (Lipinski definition) is 3. The minimum Gasteiger partial charge on any atom is -0.478 e. The largest absolute Gasteiger partial charge is 0.478 e. The molecular weight excluding hydrogens is 282 g/mol. The van der Waals surface area contributed by atoms with Crippen molar-refractivity contribution in [3.8, 4) is 0 Å². The number of aromatic carboxylic acids is 1. The third-order valence-corrected chi connectivity index (χ3v) is 3.90. The van der Waals surface area contributed by atoms with E-state index in [9.17, 15) is 9.59 Å². The molecule has 0 atom stereocenters. The van der Waals surface area contributed by atoms with E-state index in [4.69, 9.17) is 9.52 Å². The van der Waals surface area contributed by atoms with Crippen molar-refractivity contribution in [1.29, 1.82) is 0 Å². The summed E-state index contributed by atoms with van der Waals surface area (Å²) in [5.41, 5.74) is 1.18. The van der Waals surface area contributed by atoms with Crippen molar-refractivity contribution >= 4 is 17.1 Å². The Bertz CT molecular complexity index is 684. The summed E-state index contributed by atoms with van der Waals surface area (Å²) in [6, 6.07) is 4.50. The van der Waals surface area contributed by atoms with Gasteiger partial charge in [0.15, 0.2) is 5.58 Å². The van der Waals surface area contributed by atoms with Gasteiger partial charge in [0.1, 0.15) is 0 Å². The lowest BCUT2D eigenvalue weighted by atomic mass is 10.1. The molecule has 0 unspecified atom stereocenters. The van der Waals surface area contributed by atoms with Crippen LogP contribution in [-0.2, 0) is 6.54 Å². The van der Waals surface area contributed by atoms with Crippen LogP contribution in [0.1, 0.15) is 62.2 Å². The van der Waals surface area contributed by atoms with Crippen molar-refractivity contribution in [1.82, 2.24) is 4.57 Å². The molecule has 0 amide bonds. The molecule has 5 heteroatoms. The van der Waals surface area contributed by atoms with Crippen LogP contribution in [0.5, 0.6) is 0 Å². The molecule has 0 saturated heterocycles. The highest BCUT2D eigenvalue weighted by Crippen LogP contribution is 2.16. The van der Waals surface area contributed by atoms with Crippen LogP contribution in [0.15, 0.2) is 27.4 Å². The highest BCUT2D eigenvalue weighted by atomic mass is 16.4. The van der Waals surface area contributed by atoms with Crippen molar-refractivity contribution in [2.75, 3.05) is 0 Å². The van der Waals surface area contributed by atoms with Gasteiger partial charge in [0, 0.05) is 6.54 Å². The number of hydrogen-bond donors (Lipinski definition) is 1. The zero-order valence-corrected chi connectivity index (χ0v) is 13.0. The standard InChI is InChI=1S/C17H23NO4/c1-2-3-4-5-6-7-8-11-18-14-12-13(16(19)20)9-10-15(14)22-17(18)21/h9-10,12H,2-8,11H2,1H3,(H,19,20). The molecule has 1 aromatic carbocycles. The normalized spacial score (nSPS) is 11.1. The topological polar surface area (TPSA) is 72.4 Å². The summed E-state index contributed by atoms with van der Waals surface area (Å²) < 4.78 is 6.69. The van der Waals surface area contributed by atoms with Gasteiger partial charge in [-0.2, -0.15) is 0 Å². The molecule has 1 N–H and O–H groups in total. The van der Waals surface area contributed by atoms with Crippen molar-refractivity contribution in [3.05, 3.63) is 34.3 Å². The Morgan fingerprint density at radius 1 is 1.14 bits per heavy atom. The average Bonchev–Trinajstić information content (AvgIpc) is 2.81. The van der Waals surface area contributed by atoms with Gasteiger partial charge in [-0.05, 0) is 24.6 Å². The number of aryl methyl sites for hydroxylation is 1. The second-order valence-corrected chi connectivity index (χ2v) is 5.63. The van der Waals surface area contributed by atoms with E-state index < -0.39 is 11.7 Å². The summed E-state index contributed by atoms with van der Waals surface area (Å²) in [6.07, 6.45) is 8.17. The van der Waals surface area contributed by atoms with Crippen molar-refractivity contribution in [2.24, 2.45) is 0 Å². The van der Waals surface area contributed by atoms with Crippen LogP contribution in [0.25, 0.3) is 11.1 Å². The van der Waals surface area contributed by atoms with Crippen molar-refractivity contribution < 1.29 is 14.3 Å². The first-order valence-corrected chi connectivity index (χ1v) is 8.00. The number of carboxylic acids is 1. The van der Waals surface area contributed by atoms with Crippen LogP contribution in [0.3, 0.4) is 0 Å². The molecule has 5 nitrogen and oxygen atoms in total. The van der Waals surface area contributed by atoms with Gasteiger partial charge < -0.3 is 9.52 Å². The summed E-state index contributed by atoms with van der Waals surface area (Å²) >= 11 is 0. The molecule has 1 heterocycles. The predicted octanol–water partition coefficient (Wildman–Crippen LogP) is 4.04. The maximum Gasteiger partial charge on any atom is 0.419 e. The number of aromatic nitrogens is 1. The van der Waals surface area contributed by atoms with E-state index in [2.05, 4.69) is 6.92 Å². The van der Waals surface area contributed by atoms with Gasteiger partial charge in [-0.3, -0.25) is 4.57 Å². The first-order chi connectivity index (χ1) is 10.6. The summed E-state index contributed by atoms with van der Waals surface area (Å²) in [5.74, 6) is -1.42. The van der Waals surface area contributed by atoms with Gasteiger partial charge in [0.2, 0.25) is 0 Å². The Morgan fingerprint density at radius 2 is 1.82 bits per heavy atom. The molecule has 0 aliphatic heterocycles. The average molecular weight is 305 g/mol. The molecule has 0 radical (unpaired) electrons. The second kappa shape index (κ2) is 7.82. The van der Waals surface area contributed by atoms with Crippen molar-refractivity contribution in [2.45, 2.75) is 58.4 Å². The SMILES string of the molecule is CCCCCCCCCn1c(=O)oc2ccc(C(=O)O)cc21. The Balaban J connectivity index is 1.98. The van der Waals surface area contributed by atoms with Crippen LogP contribution in [-0.4, -0.2) is 15.6 Å². The number of carboxylic acid groups (broad SMARTS) is 1. The Morgan fingerprint density at radius 3 is 2.50 bits per heavy atom. The minimum absolute atomic E-state index is 0.168. The molecule has 0 aliphatic rings. The van der Waals surface area contributed by atoms with Crippen LogP contribution in [0, 0.1) is 0 Å². The maximum absolute atomic E-state index is 11.9. The van der Waals surface area contributed by atoms with E-state index in [1.54, 1.807) is 6.07 Å². The number of carbonyl (C=O) groups is 1. The number of benzene rings is 1. The second-order valence-electron chi connectivity index (χ2n) is 5.63. The third kappa shape index (κ3) is 4.00. The molecular formula is C17H23NO4. The number of nitrogens with zero attached hydrogens (tertiary/aromatic N) is 1. The molecule has 0 bridgehead atoms. The zero-order chi connectivity index (χ0) is 15.9. The highest BCUT2D eigenvalue weighted by Gasteiger charge is 2.12. The Hall–Kier alpha value is -2.04. The summed E-state index contributed by atoms with van der Waals surface area (Å²) in [7, 11) is 0. The number of unbranched alkanes of at least 4 members (excludes halogenated alkanes) is 6. The van der Waals surface area contributed by atoms with Crippen LogP contribution in [0.2, 0.25) is 0 Å². The summed E-state index contributed by atoms with van der Waals surface area (Å²) in [5, 5.41) is 9.04. The molecule has 0 fully saturated rings. The molecule has 120 valence electrons. The lowest BCUT2D eigenvalue weighted by Crippen LogP contribution is -2.14. The van der Waals surface area contributed by atoms with Crippen molar-refractivity contribution in [3.63, 3.8) is 0 Å². The molecule has 0 saturated carbocycles. The van der Waals surface area contributed by atoms with E-state index in [0.29, 0.717) is 17.6 Å². The summed E-state index contributed by atoms with van der Waals surface area (Å²) in [6.45, 7) is 2.77. The van der Waals surface area contributed by atoms with Gasteiger partial charge in [0.25, 0.3) is 0 Å². The highest BCUT2D eigenvalue weighted by molar-refractivity contribution is 5.91. The van der Waals surface area contributed by atoms with E-state index in [1.165, 1.54) is 48.8 Å². The first kappa shape index (κ1) is 16.3. The van der Waals surface area contributed by atoms with E-state index in [0.717, 1.165) is 12.8 Å². The molecule has 2 rings (SSSR count). The lowest BCUT2D eigenvalue weighted by Gasteiger charge is -2.03. The predicted molar refractivity (Wildman–Crippen MR) is 85.4 cm³/mol. The van der Waals surface area contributed by atoms with Crippen LogP contribution in [0.4, 0.5) is 0 Å². The number of oxazole rings is 1. The first-order valence-electron chi connectivity index (χ1n) is 8.00. The quantitative estimate of drug-likeness (QED) is 0.709. The number of fused-ring (bicyclic) bond motifs is 1. The van der Waals surface area contributed by atoms with Gasteiger partial charge in [-0.25, -0.2) is 9.59 Å². The fraction of sp³-hybridized carbons (Fsp3) is 0.529. The Kier molecular flexibility index (Phi) is 5.81. The van der Waals surface area contributed by atoms with Gasteiger partial charge in [-0.1, -0.05) is 45.4 Å². The smallest absolute Gasteiger partial charge is 0.419 e. The van der Waals surface area contributed by atoms with Gasteiger partial charge in [0.05, 0.1) is 11.1 Å². The van der Waals surface area contributed by atoms with Gasteiger partial charge in [-0.15, -0.1) is 0 Å². The molecule has 0 spiro atoms. The third-order valence-electron chi connectivity index (χ3n) is 3.90. The fourth-order valence-electron chi connectivity index (χ4n) is 2.63. The fourth-order valence-corrected chi connectivity index (χ4v) is 2.63. The number of rotatable bonds is 9. The summed E-state index contributed by atoms with van der Waals surface area (Å²) in [4.78, 5) is 22.9. The van der Waals surface area contributed by atoms with Gasteiger partial charge >= 0.3 is 11.7 Å². The lowest BCUT2D eigenvalue weighted by molar-refractivity contribution is 0.0697. The minimum atomic E-state index is -1.00. The molecule has 2 aromatic rings. The maximum atomic E-state index is 11.9. The molecule has 22 heavy (non-hydrogen) atoms.